The number of aromatic nitrogens is 3. The van der Waals surface area contributed by atoms with Crippen molar-refractivity contribution < 1.29 is 0 Å². The van der Waals surface area contributed by atoms with Crippen LogP contribution in [0, 0.1) is 6.92 Å². The van der Waals surface area contributed by atoms with Gasteiger partial charge in [0.05, 0.1) is 5.01 Å². The third-order valence-corrected chi connectivity index (χ3v) is 3.67. The Labute approximate surface area is 99.4 Å². The number of imidazole rings is 1. The van der Waals surface area contributed by atoms with Gasteiger partial charge in [0.1, 0.15) is 5.82 Å². The van der Waals surface area contributed by atoms with Crippen LogP contribution in [-0.4, -0.2) is 21.6 Å². The van der Waals surface area contributed by atoms with Gasteiger partial charge in [-0.15, -0.1) is 11.3 Å². The molecule has 2 aromatic heterocycles. The van der Waals surface area contributed by atoms with Crippen molar-refractivity contribution in [2.75, 3.05) is 7.05 Å². The van der Waals surface area contributed by atoms with E-state index in [2.05, 4.69) is 19.9 Å². The number of nitrogens with one attached hydrogen (secondary N) is 1. The van der Waals surface area contributed by atoms with Gasteiger partial charge in [0.2, 0.25) is 0 Å². The first-order chi connectivity index (χ1) is 7.70. The third kappa shape index (κ3) is 2.31. The SMILES string of the molecule is CNC(Cc1nccn1C)c1cnc(C)s1. The molecular weight excluding hydrogens is 220 g/mol. The molecule has 0 saturated carbocycles. The monoisotopic (exact) mass is 236 g/mol. The van der Waals surface area contributed by atoms with Crippen LogP contribution in [-0.2, 0) is 13.5 Å². The minimum absolute atomic E-state index is 0.298. The Kier molecular flexibility index (Phi) is 3.36. The summed E-state index contributed by atoms with van der Waals surface area (Å²) in [6.45, 7) is 2.03. The molecule has 0 aromatic carbocycles. The Morgan fingerprint density at radius 1 is 1.50 bits per heavy atom. The molecule has 0 fully saturated rings. The van der Waals surface area contributed by atoms with Crippen molar-refractivity contribution in [1.29, 1.82) is 0 Å². The van der Waals surface area contributed by atoms with E-state index in [1.807, 2.05) is 39.6 Å². The molecule has 16 heavy (non-hydrogen) atoms. The summed E-state index contributed by atoms with van der Waals surface area (Å²) in [4.78, 5) is 9.90. The predicted octanol–water partition coefficient (Wildman–Crippen LogP) is 1.69. The number of hydrogen-bond donors (Lipinski definition) is 1. The molecule has 0 bridgehead atoms. The summed E-state index contributed by atoms with van der Waals surface area (Å²) < 4.78 is 2.05. The van der Waals surface area contributed by atoms with Crippen LogP contribution >= 0.6 is 11.3 Å². The van der Waals surface area contributed by atoms with Crippen LogP contribution in [0.2, 0.25) is 0 Å². The zero-order valence-electron chi connectivity index (χ0n) is 9.77. The van der Waals surface area contributed by atoms with Crippen LogP contribution in [0.3, 0.4) is 0 Å². The lowest BCUT2D eigenvalue weighted by atomic mass is 10.2. The van der Waals surface area contributed by atoms with Gasteiger partial charge in [-0.1, -0.05) is 0 Å². The highest BCUT2D eigenvalue weighted by Crippen LogP contribution is 2.22. The molecule has 1 atom stereocenters. The van der Waals surface area contributed by atoms with E-state index in [4.69, 9.17) is 0 Å². The molecule has 2 aromatic rings. The molecule has 0 aliphatic heterocycles. The minimum atomic E-state index is 0.298. The van der Waals surface area contributed by atoms with Gasteiger partial charge in [-0.2, -0.15) is 0 Å². The summed E-state index contributed by atoms with van der Waals surface area (Å²) in [5.74, 6) is 1.09. The molecule has 1 unspecified atom stereocenters. The van der Waals surface area contributed by atoms with E-state index in [1.54, 1.807) is 11.3 Å². The first kappa shape index (κ1) is 11.3. The van der Waals surface area contributed by atoms with Crippen LogP contribution < -0.4 is 5.32 Å². The minimum Gasteiger partial charge on any atom is -0.338 e. The van der Waals surface area contributed by atoms with E-state index in [1.165, 1.54) is 4.88 Å². The van der Waals surface area contributed by atoms with Gasteiger partial charge in [0, 0.05) is 43.0 Å². The lowest BCUT2D eigenvalue weighted by Gasteiger charge is -2.13. The molecule has 0 amide bonds. The average Bonchev–Trinajstić information content (AvgIpc) is 2.85. The highest BCUT2D eigenvalue weighted by atomic mass is 32.1. The van der Waals surface area contributed by atoms with Gasteiger partial charge >= 0.3 is 0 Å². The molecule has 0 saturated heterocycles. The van der Waals surface area contributed by atoms with Crippen molar-refractivity contribution in [3.05, 3.63) is 34.3 Å². The fraction of sp³-hybridized carbons (Fsp3) is 0.455. The van der Waals surface area contributed by atoms with Crippen LogP contribution in [0.1, 0.15) is 21.8 Å². The summed E-state index contributed by atoms with van der Waals surface area (Å²) in [5, 5.41) is 4.42. The van der Waals surface area contributed by atoms with Crippen LogP contribution in [0.5, 0.6) is 0 Å². The largest absolute Gasteiger partial charge is 0.338 e. The molecule has 2 rings (SSSR count). The van der Waals surface area contributed by atoms with Crippen LogP contribution in [0.15, 0.2) is 18.6 Å². The summed E-state index contributed by atoms with van der Waals surface area (Å²) in [6.07, 6.45) is 6.64. The molecule has 2 heterocycles. The van der Waals surface area contributed by atoms with Gasteiger partial charge in [-0.25, -0.2) is 9.97 Å². The summed E-state index contributed by atoms with van der Waals surface area (Å²) in [7, 11) is 4.00. The Hall–Kier alpha value is -1.20. The summed E-state index contributed by atoms with van der Waals surface area (Å²) in [6, 6.07) is 0.298. The maximum absolute atomic E-state index is 4.34. The first-order valence-corrected chi connectivity index (χ1v) is 6.08. The maximum Gasteiger partial charge on any atom is 0.110 e. The molecule has 0 aliphatic rings. The molecule has 0 spiro atoms. The molecule has 1 N–H and O–H groups in total. The topological polar surface area (TPSA) is 42.7 Å². The van der Waals surface area contributed by atoms with E-state index in [0.29, 0.717) is 6.04 Å². The van der Waals surface area contributed by atoms with Crippen LogP contribution in [0.4, 0.5) is 0 Å². The molecule has 5 heteroatoms. The van der Waals surface area contributed by atoms with Gasteiger partial charge in [0.25, 0.3) is 0 Å². The molecule has 4 nitrogen and oxygen atoms in total. The Bertz CT molecular complexity index is 460. The van der Waals surface area contributed by atoms with Crippen molar-refractivity contribution in [1.82, 2.24) is 19.9 Å². The maximum atomic E-state index is 4.34. The summed E-state index contributed by atoms with van der Waals surface area (Å²) >= 11 is 1.74. The Morgan fingerprint density at radius 3 is 2.81 bits per heavy atom. The Balaban J connectivity index is 2.15. The second-order valence-corrected chi connectivity index (χ2v) is 5.05. The average molecular weight is 236 g/mol. The first-order valence-electron chi connectivity index (χ1n) is 5.26. The van der Waals surface area contributed by atoms with Gasteiger partial charge in [0.15, 0.2) is 0 Å². The molecule has 0 aliphatic carbocycles. The van der Waals surface area contributed by atoms with Gasteiger partial charge in [-0.05, 0) is 14.0 Å². The molecular formula is C11H16N4S. The lowest BCUT2D eigenvalue weighted by Crippen LogP contribution is -2.19. The number of hydrogen-bond acceptors (Lipinski definition) is 4. The predicted molar refractivity (Wildman–Crippen MR) is 65.6 cm³/mol. The lowest BCUT2D eigenvalue weighted by molar-refractivity contribution is 0.571. The van der Waals surface area contributed by atoms with Crippen molar-refractivity contribution >= 4 is 11.3 Å². The normalized spacial score (nSPS) is 12.9. The standard InChI is InChI=1S/C11H16N4S/c1-8-14-7-10(16-8)9(12-2)6-11-13-4-5-15(11)3/h4-5,7,9,12H,6H2,1-3H3. The number of nitrogens with zero attached hydrogens (tertiary/aromatic N) is 3. The highest BCUT2D eigenvalue weighted by Gasteiger charge is 2.14. The van der Waals surface area contributed by atoms with E-state index in [9.17, 15) is 0 Å². The van der Waals surface area contributed by atoms with Crippen molar-refractivity contribution in [2.45, 2.75) is 19.4 Å². The number of likely N-dealkylation sites (N-methyl/N-ethyl adjacent to an activating group) is 1. The fourth-order valence-electron chi connectivity index (χ4n) is 1.66. The quantitative estimate of drug-likeness (QED) is 0.878. The zero-order chi connectivity index (χ0) is 11.5. The van der Waals surface area contributed by atoms with Crippen LogP contribution in [0.25, 0.3) is 0 Å². The van der Waals surface area contributed by atoms with Gasteiger partial charge in [-0.3, -0.25) is 0 Å². The number of rotatable bonds is 4. The zero-order valence-corrected chi connectivity index (χ0v) is 10.6. The second-order valence-electron chi connectivity index (χ2n) is 3.78. The van der Waals surface area contributed by atoms with E-state index < -0.39 is 0 Å². The fourth-order valence-corrected chi connectivity index (χ4v) is 2.55. The second kappa shape index (κ2) is 4.76. The van der Waals surface area contributed by atoms with E-state index >= 15 is 0 Å². The van der Waals surface area contributed by atoms with Gasteiger partial charge < -0.3 is 9.88 Å². The van der Waals surface area contributed by atoms with Crippen molar-refractivity contribution in [2.24, 2.45) is 7.05 Å². The summed E-state index contributed by atoms with van der Waals surface area (Å²) in [5.41, 5.74) is 0. The van der Waals surface area contributed by atoms with E-state index in [-0.39, 0.29) is 0 Å². The smallest absolute Gasteiger partial charge is 0.110 e. The van der Waals surface area contributed by atoms with Crippen molar-refractivity contribution in [3.63, 3.8) is 0 Å². The van der Waals surface area contributed by atoms with E-state index in [0.717, 1.165) is 17.3 Å². The number of thiazole rings is 1. The Morgan fingerprint density at radius 2 is 2.31 bits per heavy atom. The number of aryl methyl sites for hydroxylation is 2. The molecule has 0 radical (unpaired) electrons. The highest BCUT2D eigenvalue weighted by molar-refractivity contribution is 7.11. The van der Waals surface area contributed by atoms with Crippen molar-refractivity contribution in [3.8, 4) is 0 Å². The third-order valence-electron chi connectivity index (χ3n) is 2.64. The molecule has 86 valence electrons.